The third-order valence-electron chi connectivity index (χ3n) is 5.15. The molecule has 0 N–H and O–H groups in total. The predicted octanol–water partition coefficient (Wildman–Crippen LogP) is 1.06. The van der Waals surface area contributed by atoms with E-state index in [1.54, 1.807) is 16.7 Å². The lowest BCUT2D eigenvalue weighted by molar-refractivity contribution is -0.132. The van der Waals surface area contributed by atoms with Crippen LogP contribution >= 0.6 is 0 Å². The van der Waals surface area contributed by atoms with E-state index in [9.17, 15) is 13.2 Å². The van der Waals surface area contributed by atoms with Gasteiger partial charge in [0.15, 0.2) is 0 Å². The molecule has 0 aliphatic carbocycles. The summed E-state index contributed by atoms with van der Waals surface area (Å²) in [6.07, 6.45) is 8.01. The van der Waals surface area contributed by atoms with Gasteiger partial charge >= 0.3 is 0 Å². The lowest BCUT2D eigenvalue weighted by Crippen LogP contribution is -2.55. The van der Waals surface area contributed by atoms with E-state index in [4.69, 9.17) is 4.74 Å². The number of carbonyl (C=O) groups excluding carboxylic acids is 1. The first-order valence-corrected chi connectivity index (χ1v) is 11.0. The lowest BCUT2D eigenvalue weighted by atomic mass is 10.0. The summed E-state index contributed by atoms with van der Waals surface area (Å²) >= 11 is 0. The van der Waals surface area contributed by atoms with Gasteiger partial charge in [-0.2, -0.15) is 4.31 Å². The average Bonchev–Trinajstić information content (AvgIpc) is 2.63. The monoisotopic (exact) mass is 381 g/mol. The van der Waals surface area contributed by atoms with Gasteiger partial charge in [0.2, 0.25) is 15.9 Å². The molecule has 1 aromatic rings. The van der Waals surface area contributed by atoms with E-state index < -0.39 is 10.0 Å². The summed E-state index contributed by atoms with van der Waals surface area (Å²) in [4.78, 5) is 18.5. The first-order valence-electron chi connectivity index (χ1n) is 9.18. The van der Waals surface area contributed by atoms with Gasteiger partial charge in [-0.25, -0.2) is 8.42 Å². The molecule has 1 aromatic heterocycles. The van der Waals surface area contributed by atoms with Crippen molar-refractivity contribution in [3.8, 4) is 0 Å². The van der Waals surface area contributed by atoms with Gasteiger partial charge in [0.1, 0.15) is 0 Å². The third-order valence-corrected chi connectivity index (χ3v) is 6.51. The summed E-state index contributed by atoms with van der Waals surface area (Å²) < 4.78 is 32.0. The second kappa shape index (κ2) is 8.45. The molecule has 3 heterocycles. The maximum absolute atomic E-state index is 12.7. The van der Waals surface area contributed by atoms with Gasteiger partial charge in [0.05, 0.1) is 12.7 Å². The topological polar surface area (TPSA) is 79.8 Å². The molecule has 0 aromatic carbocycles. The number of hydrogen-bond donors (Lipinski definition) is 0. The lowest BCUT2D eigenvalue weighted by Gasteiger charge is -2.42. The highest BCUT2D eigenvalue weighted by atomic mass is 32.2. The van der Waals surface area contributed by atoms with Crippen molar-refractivity contribution in [2.75, 3.05) is 32.6 Å². The summed E-state index contributed by atoms with van der Waals surface area (Å²) in [7, 11) is -3.34. The number of ether oxygens (including phenoxy) is 1. The predicted molar refractivity (Wildman–Crippen MR) is 98.1 cm³/mol. The minimum absolute atomic E-state index is 0.0287. The zero-order valence-electron chi connectivity index (χ0n) is 15.2. The maximum atomic E-state index is 12.7. The molecule has 26 heavy (non-hydrogen) atoms. The average molecular weight is 381 g/mol. The summed E-state index contributed by atoms with van der Waals surface area (Å²) in [5, 5.41) is 0. The van der Waals surface area contributed by atoms with Crippen molar-refractivity contribution in [3.05, 3.63) is 30.1 Å². The SMILES string of the molecule is CS(=O)(=O)N(C1CCOCC1)C1CCCN(C(=O)Cc2ccncc2)C1. The van der Waals surface area contributed by atoms with Crippen LogP contribution in [0.2, 0.25) is 0 Å². The highest BCUT2D eigenvalue weighted by Crippen LogP contribution is 2.26. The van der Waals surface area contributed by atoms with Crippen molar-refractivity contribution in [2.24, 2.45) is 0 Å². The van der Waals surface area contributed by atoms with Gasteiger partial charge in [-0.05, 0) is 43.4 Å². The molecule has 0 bridgehead atoms. The Balaban J connectivity index is 1.70. The Morgan fingerprint density at radius 1 is 1.23 bits per heavy atom. The summed E-state index contributed by atoms with van der Waals surface area (Å²) in [5.41, 5.74) is 0.927. The molecule has 2 aliphatic heterocycles. The number of pyridine rings is 1. The molecule has 8 heteroatoms. The van der Waals surface area contributed by atoms with Gasteiger partial charge in [0.25, 0.3) is 0 Å². The molecule has 2 saturated heterocycles. The largest absolute Gasteiger partial charge is 0.381 e. The van der Waals surface area contributed by atoms with E-state index in [0.29, 0.717) is 45.6 Å². The fourth-order valence-electron chi connectivity index (χ4n) is 3.96. The number of likely N-dealkylation sites (tertiary alicyclic amines) is 1. The van der Waals surface area contributed by atoms with Crippen molar-refractivity contribution < 1.29 is 17.9 Å². The second-order valence-corrected chi connectivity index (χ2v) is 8.99. The van der Waals surface area contributed by atoms with Crippen LogP contribution < -0.4 is 0 Å². The molecule has 2 fully saturated rings. The number of carbonyl (C=O) groups is 1. The molecule has 144 valence electrons. The normalized spacial score (nSPS) is 22.5. The molecule has 0 radical (unpaired) electrons. The Morgan fingerprint density at radius 2 is 1.92 bits per heavy atom. The highest BCUT2D eigenvalue weighted by Gasteiger charge is 2.37. The van der Waals surface area contributed by atoms with E-state index in [-0.39, 0.29) is 18.0 Å². The Kier molecular flexibility index (Phi) is 6.26. The zero-order chi connectivity index (χ0) is 18.6. The van der Waals surface area contributed by atoms with Crippen molar-refractivity contribution in [1.29, 1.82) is 0 Å². The van der Waals surface area contributed by atoms with E-state index in [1.807, 2.05) is 17.0 Å². The van der Waals surface area contributed by atoms with Crippen molar-refractivity contribution in [2.45, 2.75) is 44.2 Å². The second-order valence-electron chi connectivity index (χ2n) is 7.10. The number of sulfonamides is 1. The van der Waals surface area contributed by atoms with E-state index in [2.05, 4.69) is 4.98 Å². The number of hydrogen-bond acceptors (Lipinski definition) is 5. The van der Waals surface area contributed by atoms with Gasteiger partial charge in [-0.3, -0.25) is 9.78 Å². The van der Waals surface area contributed by atoms with Crippen LogP contribution in [0.25, 0.3) is 0 Å². The number of piperidine rings is 1. The number of nitrogens with zero attached hydrogens (tertiary/aromatic N) is 3. The van der Waals surface area contributed by atoms with E-state index in [1.165, 1.54) is 6.26 Å². The van der Waals surface area contributed by atoms with Gasteiger partial charge in [-0.1, -0.05) is 0 Å². The Morgan fingerprint density at radius 3 is 2.58 bits per heavy atom. The maximum Gasteiger partial charge on any atom is 0.227 e. The van der Waals surface area contributed by atoms with Crippen LogP contribution in [0.5, 0.6) is 0 Å². The minimum atomic E-state index is -3.34. The van der Waals surface area contributed by atoms with Crippen LogP contribution in [-0.2, 0) is 26.0 Å². The zero-order valence-corrected chi connectivity index (χ0v) is 16.0. The minimum Gasteiger partial charge on any atom is -0.381 e. The van der Waals surface area contributed by atoms with Crippen LogP contribution in [0, 0.1) is 0 Å². The number of aromatic nitrogens is 1. The molecule has 1 amide bonds. The fourth-order valence-corrected chi connectivity index (χ4v) is 5.42. The van der Waals surface area contributed by atoms with Crippen LogP contribution in [0.4, 0.5) is 0 Å². The fraction of sp³-hybridized carbons (Fsp3) is 0.667. The third kappa shape index (κ3) is 4.81. The van der Waals surface area contributed by atoms with Crippen LogP contribution in [0.15, 0.2) is 24.5 Å². The standard InChI is InChI=1S/C18H27N3O4S/c1-26(23,24)21(16-6-11-25-12-7-16)17-3-2-10-20(14-17)18(22)13-15-4-8-19-9-5-15/h4-5,8-9,16-17H,2-3,6-7,10-14H2,1H3. The van der Waals surface area contributed by atoms with Gasteiger partial charge in [0, 0.05) is 50.8 Å². The molecule has 1 atom stereocenters. The Labute approximate surface area is 155 Å². The smallest absolute Gasteiger partial charge is 0.227 e. The quantitative estimate of drug-likeness (QED) is 0.762. The Bertz CT molecular complexity index is 704. The number of rotatable bonds is 5. The first-order chi connectivity index (χ1) is 12.4. The first kappa shape index (κ1) is 19.3. The van der Waals surface area contributed by atoms with Crippen LogP contribution in [-0.4, -0.2) is 73.2 Å². The van der Waals surface area contributed by atoms with Crippen molar-refractivity contribution in [1.82, 2.24) is 14.2 Å². The van der Waals surface area contributed by atoms with Crippen molar-refractivity contribution in [3.63, 3.8) is 0 Å². The highest BCUT2D eigenvalue weighted by molar-refractivity contribution is 7.88. The van der Waals surface area contributed by atoms with Gasteiger partial charge in [-0.15, -0.1) is 0 Å². The molecular weight excluding hydrogens is 354 g/mol. The molecular formula is C18H27N3O4S. The molecule has 1 unspecified atom stereocenters. The summed E-state index contributed by atoms with van der Waals surface area (Å²) in [6.45, 7) is 2.34. The molecule has 3 rings (SSSR count). The summed E-state index contributed by atoms with van der Waals surface area (Å²) in [5.74, 6) is 0.0429. The molecule has 2 aliphatic rings. The van der Waals surface area contributed by atoms with E-state index in [0.717, 1.165) is 18.4 Å². The number of amides is 1. The van der Waals surface area contributed by atoms with E-state index >= 15 is 0 Å². The molecule has 0 saturated carbocycles. The molecule has 7 nitrogen and oxygen atoms in total. The van der Waals surface area contributed by atoms with Crippen LogP contribution in [0.1, 0.15) is 31.2 Å². The Hall–Kier alpha value is -1.51. The molecule has 0 spiro atoms. The van der Waals surface area contributed by atoms with Crippen LogP contribution in [0.3, 0.4) is 0 Å². The summed E-state index contributed by atoms with van der Waals surface area (Å²) in [6, 6.07) is 3.50. The van der Waals surface area contributed by atoms with Gasteiger partial charge < -0.3 is 9.64 Å². The van der Waals surface area contributed by atoms with Crippen molar-refractivity contribution >= 4 is 15.9 Å².